The first-order valence-electron chi connectivity index (χ1n) is 7.25. The second kappa shape index (κ2) is 6.02. The largest absolute Gasteiger partial charge is 0.314 e. The molecule has 1 unspecified atom stereocenters. The van der Waals surface area contributed by atoms with Crippen LogP contribution in [0.1, 0.15) is 52.4 Å². The van der Waals surface area contributed by atoms with Crippen molar-refractivity contribution in [3.8, 4) is 0 Å². The maximum Gasteiger partial charge on any atom is 0.0119 e. The van der Waals surface area contributed by atoms with Crippen molar-refractivity contribution in [1.82, 2.24) is 10.2 Å². The third-order valence-corrected chi connectivity index (χ3v) is 4.07. The summed E-state index contributed by atoms with van der Waals surface area (Å²) < 4.78 is 0. The molecule has 0 bridgehead atoms. The van der Waals surface area contributed by atoms with Gasteiger partial charge in [0.2, 0.25) is 0 Å². The minimum Gasteiger partial charge on any atom is -0.314 e. The zero-order valence-electron chi connectivity index (χ0n) is 11.0. The van der Waals surface area contributed by atoms with E-state index in [-0.39, 0.29) is 0 Å². The second-order valence-corrected chi connectivity index (χ2v) is 5.93. The third-order valence-electron chi connectivity index (χ3n) is 4.07. The topological polar surface area (TPSA) is 15.3 Å². The maximum absolute atomic E-state index is 3.60. The molecular weight excluding hydrogens is 196 g/mol. The van der Waals surface area contributed by atoms with Crippen LogP contribution in [0.25, 0.3) is 0 Å². The molecule has 2 fully saturated rings. The molecule has 1 aliphatic carbocycles. The predicted octanol–water partition coefficient (Wildman–Crippen LogP) is 2.64. The Kier molecular flexibility index (Phi) is 4.66. The molecule has 0 aromatic rings. The lowest BCUT2D eigenvalue weighted by Gasteiger charge is -2.27. The summed E-state index contributed by atoms with van der Waals surface area (Å²) in [7, 11) is 0. The summed E-state index contributed by atoms with van der Waals surface area (Å²) in [4.78, 5) is 2.72. The Hall–Kier alpha value is -0.0800. The molecule has 0 aromatic heterocycles. The monoisotopic (exact) mass is 224 g/mol. The Morgan fingerprint density at radius 2 is 2.00 bits per heavy atom. The van der Waals surface area contributed by atoms with Gasteiger partial charge in [-0.2, -0.15) is 0 Å². The zero-order chi connectivity index (χ0) is 11.4. The minimum absolute atomic E-state index is 0.840. The fraction of sp³-hybridized carbons (Fsp3) is 1.00. The van der Waals surface area contributed by atoms with Crippen LogP contribution in [0.2, 0.25) is 0 Å². The van der Waals surface area contributed by atoms with Gasteiger partial charge in [0.15, 0.2) is 0 Å². The summed E-state index contributed by atoms with van der Waals surface area (Å²) in [6, 6.07) is 1.76. The number of unbranched alkanes of at least 4 members (excludes halogenated alkanes) is 1. The Morgan fingerprint density at radius 3 is 2.69 bits per heavy atom. The lowest BCUT2D eigenvalue weighted by atomic mass is 10.0. The average Bonchev–Trinajstić information content (AvgIpc) is 2.94. The molecule has 0 aromatic carbocycles. The highest BCUT2D eigenvalue weighted by molar-refractivity contribution is 4.82. The van der Waals surface area contributed by atoms with Crippen molar-refractivity contribution in [3.05, 3.63) is 0 Å². The predicted molar refractivity (Wildman–Crippen MR) is 69.7 cm³/mol. The van der Waals surface area contributed by atoms with Crippen LogP contribution in [0.3, 0.4) is 0 Å². The number of rotatable bonds is 7. The van der Waals surface area contributed by atoms with Crippen LogP contribution in [-0.4, -0.2) is 36.6 Å². The Balaban J connectivity index is 1.53. The summed E-state index contributed by atoms with van der Waals surface area (Å²) in [5, 5.41) is 3.60. The molecular formula is C14H28N2. The molecule has 0 spiro atoms. The first kappa shape index (κ1) is 12.4. The van der Waals surface area contributed by atoms with Gasteiger partial charge in [-0.25, -0.2) is 0 Å². The van der Waals surface area contributed by atoms with Crippen LogP contribution < -0.4 is 5.32 Å². The van der Waals surface area contributed by atoms with Crippen molar-refractivity contribution in [2.75, 3.05) is 19.6 Å². The second-order valence-electron chi connectivity index (χ2n) is 5.93. The van der Waals surface area contributed by atoms with Crippen LogP contribution in [-0.2, 0) is 0 Å². The summed E-state index contributed by atoms with van der Waals surface area (Å²) >= 11 is 0. The van der Waals surface area contributed by atoms with Crippen LogP contribution >= 0.6 is 0 Å². The third kappa shape index (κ3) is 3.74. The summed E-state index contributed by atoms with van der Waals surface area (Å²) in [5.74, 6) is 0.840. The Bertz CT molecular complexity index is 199. The van der Waals surface area contributed by atoms with Crippen molar-refractivity contribution in [1.29, 1.82) is 0 Å². The molecule has 1 saturated carbocycles. The van der Waals surface area contributed by atoms with Gasteiger partial charge in [0.05, 0.1) is 0 Å². The molecule has 0 amide bonds. The molecule has 2 heteroatoms. The van der Waals surface area contributed by atoms with Crippen molar-refractivity contribution in [2.24, 2.45) is 5.92 Å². The first-order valence-corrected chi connectivity index (χ1v) is 7.25. The standard InChI is InChI=1S/C14H28N2/c1-12(2)14-6-5-11-16(14)10-4-3-9-15-13-7-8-13/h12-15H,3-11H2,1-2H3. The van der Waals surface area contributed by atoms with E-state index in [9.17, 15) is 0 Å². The number of nitrogens with one attached hydrogen (secondary N) is 1. The van der Waals surface area contributed by atoms with Gasteiger partial charge >= 0.3 is 0 Å². The maximum atomic E-state index is 3.60. The molecule has 2 rings (SSSR count). The number of hydrogen-bond acceptors (Lipinski definition) is 2. The Labute approximate surface area is 101 Å². The highest BCUT2D eigenvalue weighted by Gasteiger charge is 2.26. The highest BCUT2D eigenvalue weighted by Crippen LogP contribution is 2.23. The fourth-order valence-corrected chi connectivity index (χ4v) is 2.92. The van der Waals surface area contributed by atoms with Gasteiger partial charge in [-0.05, 0) is 64.1 Å². The smallest absolute Gasteiger partial charge is 0.0119 e. The summed E-state index contributed by atoms with van der Waals surface area (Å²) in [6.45, 7) is 8.66. The quantitative estimate of drug-likeness (QED) is 0.669. The SMILES string of the molecule is CC(C)C1CCCN1CCCCNC1CC1. The van der Waals surface area contributed by atoms with Crippen LogP contribution in [0.4, 0.5) is 0 Å². The van der Waals surface area contributed by atoms with Crippen LogP contribution in [0, 0.1) is 5.92 Å². The van der Waals surface area contributed by atoms with Gasteiger partial charge < -0.3 is 10.2 Å². The van der Waals surface area contributed by atoms with E-state index in [1.165, 1.54) is 58.2 Å². The van der Waals surface area contributed by atoms with E-state index in [0.717, 1.165) is 18.0 Å². The van der Waals surface area contributed by atoms with Crippen molar-refractivity contribution >= 4 is 0 Å². The summed E-state index contributed by atoms with van der Waals surface area (Å²) in [6.07, 6.45) is 8.42. The summed E-state index contributed by atoms with van der Waals surface area (Å²) in [5.41, 5.74) is 0. The minimum atomic E-state index is 0.840. The zero-order valence-corrected chi connectivity index (χ0v) is 11.0. The van der Waals surface area contributed by atoms with E-state index in [1.807, 2.05) is 0 Å². The Morgan fingerprint density at radius 1 is 1.19 bits per heavy atom. The average molecular weight is 224 g/mol. The lowest BCUT2D eigenvalue weighted by molar-refractivity contribution is 0.203. The van der Waals surface area contributed by atoms with E-state index < -0.39 is 0 Å². The highest BCUT2D eigenvalue weighted by atomic mass is 15.2. The molecule has 1 aliphatic heterocycles. The van der Waals surface area contributed by atoms with Gasteiger partial charge in [0.1, 0.15) is 0 Å². The molecule has 2 nitrogen and oxygen atoms in total. The van der Waals surface area contributed by atoms with Crippen molar-refractivity contribution < 1.29 is 0 Å². The fourth-order valence-electron chi connectivity index (χ4n) is 2.92. The normalized spacial score (nSPS) is 26.8. The molecule has 1 heterocycles. The van der Waals surface area contributed by atoms with E-state index in [1.54, 1.807) is 0 Å². The van der Waals surface area contributed by atoms with Gasteiger partial charge in [-0.3, -0.25) is 0 Å². The van der Waals surface area contributed by atoms with Crippen LogP contribution in [0.5, 0.6) is 0 Å². The number of likely N-dealkylation sites (tertiary alicyclic amines) is 1. The van der Waals surface area contributed by atoms with Gasteiger partial charge in [-0.15, -0.1) is 0 Å². The van der Waals surface area contributed by atoms with Crippen molar-refractivity contribution in [3.63, 3.8) is 0 Å². The molecule has 0 radical (unpaired) electrons. The van der Waals surface area contributed by atoms with E-state index >= 15 is 0 Å². The van der Waals surface area contributed by atoms with E-state index in [4.69, 9.17) is 0 Å². The van der Waals surface area contributed by atoms with Crippen molar-refractivity contribution in [2.45, 2.75) is 64.5 Å². The molecule has 1 atom stereocenters. The first-order chi connectivity index (χ1) is 7.77. The molecule has 94 valence electrons. The molecule has 16 heavy (non-hydrogen) atoms. The van der Waals surface area contributed by atoms with Crippen LogP contribution in [0.15, 0.2) is 0 Å². The van der Waals surface area contributed by atoms with E-state index in [0.29, 0.717) is 0 Å². The number of nitrogens with zero attached hydrogens (tertiary/aromatic N) is 1. The lowest BCUT2D eigenvalue weighted by Crippen LogP contribution is -2.34. The van der Waals surface area contributed by atoms with Gasteiger partial charge in [-0.1, -0.05) is 13.8 Å². The van der Waals surface area contributed by atoms with Gasteiger partial charge in [0, 0.05) is 12.1 Å². The van der Waals surface area contributed by atoms with Gasteiger partial charge in [0.25, 0.3) is 0 Å². The molecule has 1 N–H and O–H groups in total. The van der Waals surface area contributed by atoms with E-state index in [2.05, 4.69) is 24.1 Å². The number of hydrogen-bond donors (Lipinski definition) is 1. The molecule has 2 aliphatic rings. The molecule has 1 saturated heterocycles.